The van der Waals surface area contributed by atoms with Gasteiger partial charge >= 0.3 is 0 Å². The number of methoxy groups -OCH3 is 1. The van der Waals surface area contributed by atoms with E-state index in [9.17, 15) is 4.79 Å². The molecule has 1 aromatic heterocycles. The number of imidazole rings is 1. The first-order valence-electron chi connectivity index (χ1n) is 11.3. The molecule has 0 atom stereocenters. The summed E-state index contributed by atoms with van der Waals surface area (Å²) in [5.41, 5.74) is 9.30. The Labute approximate surface area is 195 Å². The van der Waals surface area contributed by atoms with Gasteiger partial charge in [0.1, 0.15) is 11.6 Å². The highest BCUT2D eigenvalue weighted by Crippen LogP contribution is 2.25. The van der Waals surface area contributed by atoms with E-state index in [-0.39, 0.29) is 5.91 Å². The standard InChI is InChI=1S/C28H31N3O2/c1-18-15-19(2)21(4)24(20(18)3)17-31-26-12-7-6-11-25(26)30-27(31)13-14-29-28(32)22-9-8-10-23(16-22)33-5/h6-12,15-16H,13-14,17H2,1-5H3,(H,29,32). The molecule has 3 aromatic carbocycles. The first-order valence-corrected chi connectivity index (χ1v) is 11.3. The van der Waals surface area contributed by atoms with Gasteiger partial charge in [0, 0.05) is 25.1 Å². The zero-order valence-corrected chi connectivity index (χ0v) is 20.0. The van der Waals surface area contributed by atoms with Crippen molar-refractivity contribution < 1.29 is 9.53 Å². The number of fused-ring (bicyclic) bond motifs is 1. The van der Waals surface area contributed by atoms with Gasteiger partial charge in [-0.2, -0.15) is 0 Å². The third-order valence-electron chi connectivity index (χ3n) is 6.54. The average Bonchev–Trinajstić information content (AvgIpc) is 3.17. The van der Waals surface area contributed by atoms with E-state index in [0.29, 0.717) is 24.3 Å². The zero-order valence-electron chi connectivity index (χ0n) is 20.0. The lowest BCUT2D eigenvalue weighted by Crippen LogP contribution is -2.26. The molecule has 1 heterocycles. The third kappa shape index (κ3) is 4.63. The maximum absolute atomic E-state index is 12.6. The SMILES string of the molecule is COc1cccc(C(=O)NCCc2nc3ccccc3n2Cc2c(C)c(C)cc(C)c2C)c1. The number of para-hydroxylation sites is 2. The smallest absolute Gasteiger partial charge is 0.251 e. The molecule has 0 aliphatic heterocycles. The summed E-state index contributed by atoms with van der Waals surface area (Å²) < 4.78 is 7.52. The van der Waals surface area contributed by atoms with Crippen LogP contribution >= 0.6 is 0 Å². The maximum atomic E-state index is 12.6. The van der Waals surface area contributed by atoms with Gasteiger partial charge < -0.3 is 14.6 Å². The molecule has 0 aliphatic rings. The van der Waals surface area contributed by atoms with Crippen LogP contribution in [-0.4, -0.2) is 29.1 Å². The second-order valence-electron chi connectivity index (χ2n) is 8.58. The maximum Gasteiger partial charge on any atom is 0.251 e. The Balaban J connectivity index is 1.59. The highest BCUT2D eigenvalue weighted by molar-refractivity contribution is 5.94. The van der Waals surface area contributed by atoms with Crippen molar-refractivity contribution in [3.05, 3.63) is 93.8 Å². The van der Waals surface area contributed by atoms with Crippen molar-refractivity contribution in [2.45, 2.75) is 40.7 Å². The van der Waals surface area contributed by atoms with Crippen molar-refractivity contribution >= 4 is 16.9 Å². The first-order chi connectivity index (χ1) is 15.9. The quantitative estimate of drug-likeness (QED) is 0.423. The van der Waals surface area contributed by atoms with Crippen molar-refractivity contribution in [1.82, 2.24) is 14.9 Å². The molecule has 170 valence electrons. The number of carbonyl (C=O) groups is 1. The van der Waals surface area contributed by atoms with Gasteiger partial charge in [0.15, 0.2) is 0 Å². The molecule has 4 aromatic rings. The molecule has 1 amide bonds. The Morgan fingerprint density at radius 3 is 2.42 bits per heavy atom. The minimum atomic E-state index is -0.113. The predicted molar refractivity (Wildman–Crippen MR) is 133 cm³/mol. The Morgan fingerprint density at radius 2 is 1.70 bits per heavy atom. The Bertz CT molecular complexity index is 1290. The van der Waals surface area contributed by atoms with Crippen LogP contribution in [0.3, 0.4) is 0 Å². The Kier molecular flexibility index (Phi) is 6.50. The van der Waals surface area contributed by atoms with Crippen LogP contribution in [0.2, 0.25) is 0 Å². The molecule has 4 rings (SSSR count). The number of aromatic nitrogens is 2. The minimum Gasteiger partial charge on any atom is -0.497 e. The minimum absolute atomic E-state index is 0.113. The summed E-state index contributed by atoms with van der Waals surface area (Å²) in [6.07, 6.45) is 0.646. The summed E-state index contributed by atoms with van der Waals surface area (Å²) in [7, 11) is 1.60. The topological polar surface area (TPSA) is 56.1 Å². The number of benzene rings is 3. The molecule has 5 heteroatoms. The molecule has 0 aliphatic carbocycles. The fourth-order valence-corrected chi connectivity index (χ4v) is 4.34. The number of carbonyl (C=O) groups excluding carboxylic acids is 1. The van der Waals surface area contributed by atoms with E-state index in [2.05, 4.69) is 55.8 Å². The van der Waals surface area contributed by atoms with Gasteiger partial charge in [-0.15, -0.1) is 0 Å². The molecule has 0 bridgehead atoms. The molecule has 0 saturated heterocycles. The average molecular weight is 442 g/mol. The molecule has 0 radical (unpaired) electrons. The van der Waals surface area contributed by atoms with E-state index in [1.807, 2.05) is 24.3 Å². The first kappa shape index (κ1) is 22.6. The monoisotopic (exact) mass is 441 g/mol. The van der Waals surface area contributed by atoms with E-state index in [1.165, 1.54) is 27.8 Å². The summed E-state index contributed by atoms with van der Waals surface area (Å²) in [4.78, 5) is 17.5. The molecule has 5 nitrogen and oxygen atoms in total. The highest BCUT2D eigenvalue weighted by atomic mass is 16.5. The predicted octanol–water partition coefficient (Wildman–Crippen LogP) is 5.30. The van der Waals surface area contributed by atoms with E-state index in [0.717, 1.165) is 23.4 Å². The Morgan fingerprint density at radius 1 is 0.970 bits per heavy atom. The fraction of sp³-hybridized carbons (Fsp3) is 0.286. The van der Waals surface area contributed by atoms with Crippen molar-refractivity contribution in [3.8, 4) is 5.75 Å². The number of rotatable bonds is 7. The lowest BCUT2D eigenvalue weighted by molar-refractivity contribution is 0.0953. The van der Waals surface area contributed by atoms with Crippen LogP contribution in [0.1, 0.15) is 44.0 Å². The van der Waals surface area contributed by atoms with Crippen LogP contribution in [-0.2, 0) is 13.0 Å². The van der Waals surface area contributed by atoms with Crippen molar-refractivity contribution in [2.24, 2.45) is 0 Å². The molecular formula is C28H31N3O2. The second-order valence-corrected chi connectivity index (χ2v) is 8.58. The fourth-order valence-electron chi connectivity index (χ4n) is 4.34. The number of aryl methyl sites for hydroxylation is 2. The van der Waals surface area contributed by atoms with Crippen molar-refractivity contribution in [2.75, 3.05) is 13.7 Å². The molecule has 0 spiro atoms. The summed E-state index contributed by atoms with van der Waals surface area (Å²) in [5, 5.41) is 3.03. The number of hydrogen-bond acceptors (Lipinski definition) is 3. The van der Waals surface area contributed by atoms with Gasteiger partial charge in [0.05, 0.1) is 18.1 Å². The molecule has 1 N–H and O–H groups in total. The Hall–Kier alpha value is -3.60. The van der Waals surface area contributed by atoms with Crippen LogP contribution in [0.15, 0.2) is 54.6 Å². The number of amides is 1. The van der Waals surface area contributed by atoms with Gasteiger partial charge in [-0.05, 0) is 85.8 Å². The summed E-state index contributed by atoms with van der Waals surface area (Å²) in [6.45, 7) is 10.0. The van der Waals surface area contributed by atoms with Gasteiger partial charge in [0.2, 0.25) is 0 Å². The molecule has 33 heavy (non-hydrogen) atoms. The molecule has 0 fully saturated rings. The summed E-state index contributed by atoms with van der Waals surface area (Å²) in [5.74, 6) is 1.53. The summed E-state index contributed by atoms with van der Waals surface area (Å²) >= 11 is 0. The van der Waals surface area contributed by atoms with Crippen LogP contribution in [0.5, 0.6) is 5.75 Å². The van der Waals surface area contributed by atoms with Crippen LogP contribution in [0.25, 0.3) is 11.0 Å². The van der Waals surface area contributed by atoms with Crippen LogP contribution in [0, 0.1) is 27.7 Å². The normalized spacial score (nSPS) is 11.1. The third-order valence-corrected chi connectivity index (χ3v) is 6.54. The highest BCUT2D eigenvalue weighted by Gasteiger charge is 2.15. The number of nitrogens with one attached hydrogen (secondary N) is 1. The van der Waals surface area contributed by atoms with Crippen molar-refractivity contribution in [1.29, 1.82) is 0 Å². The lowest BCUT2D eigenvalue weighted by Gasteiger charge is -2.18. The molecular weight excluding hydrogens is 410 g/mol. The van der Waals surface area contributed by atoms with E-state index in [1.54, 1.807) is 19.2 Å². The van der Waals surface area contributed by atoms with Gasteiger partial charge in [-0.3, -0.25) is 4.79 Å². The number of hydrogen-bond donors (Lipinski definition) is 1. The van der Waals surface area contributed by atoms with Gasteiger partial charge in [-0.25, -0.2) is 4.98 Å². The van der Waals surface area contributed by atoms with Crippen LogP contribution in [0.4, 0.5) is 0 Å². The number of nitrogens with zero attached hydrogens (tertiary/aromatic N) is 2. The van der Waals surface area contributed by atoms with E-state index < -0.39 is 0 Å². The summed E-state index contributed by atoms with van der Waals surface area (Å²) in [6, 6.07) is 17.7. The van der Waals surface area contributed by atoms with Gasteiger partial charge in [0.25, 0.3) is 5.91 Å². The van der Waals surface area contributed by atoms with E-state index in [4.69, 9.17) is 9.72 Å². The zero-order chi connectivity index (χ0) is 23.5. The van der Waals surface area contributed by atoms with Gasteiger partial charge in [-0.1, -0.05) is 24.3 Å². The van der Waals surface area contributed by atoms with Crippen molar-refractivity contribution in [3.63, 3.8) is 0 Å². The lowest BCUT2D eigenvalue weighted by atomic mass is 9.94. The molecule has 0 unspecified atom stereocenters. The molecule has 0 saturated carbocycles. The number of ether oxygens (including phenoxy) is 1. The second kappa shape index (κ2) is 9.49. The van der Waals surface area contributed by atoms with E-state index >= 15 is 0 Å². The van der Waals surface area contributed by atoms with Crippen LogP contribution < -0.4 is 10.1 Å². The largest absolute Gasteiger partial charge is 0.497 e.